The van der Waals surface area contributed by atoms with Gasteiger partial charge in [0.1, 0.15) is 0 Å². The summed E-state index contributed by atoms with van der Waals surface area (Å²) in [6, 6.07) is 5.68. The van der Waals surface area contributed by atoms with Crippen LogP contribution in [0, 0.1) is 6.92 Å². The lowest BCUT2D eigenvalue weighted by atomic mass is 10.2. The SMILES string of the molecule is Cc1c(C(=O)N(C)Cc2ccccn2)cnn1CCCN. The topological polar surface area (TPSA) is 77.0 Å². The van der Waals surface area contributed by atoms with Crippen LogP contribution in [0.3, 0.4) is 0 Å². The van der Waals surface area contributed by atoms with Crippen molar-refractivity contribution in [2.24, 2.45) is 5.73 Å². The summed E-state index contributed by atoms with van der Waals surface area (Å²) in [5.41, 5.74) is 7.87. The Balaban J connectivity index is 2.07. The quantitative estimate of drug-likeness (QED) is 0.866. The van der Waals surface area contributed by atoms with E-state index in [4.69, 9.17) is 5.73 Å². The summed E-state index contributed by atoms with van der Waals surface area (Å²) in [6.07, 6.45) is 4.20. The molecule has 0 saturated carbocycles. The molecule has 0 aromatic carbocycles. The van der Waals surface area contributed by atoms with Crippen LogP contribution < -0.4 is 5.73 Å². The van der Waals surface area contributed by atoms with Gasteiger partial charge >= 0.3 is 0 Å². The second kappa shape index (κ2) is 6.99. The molecule has 0 aliphatic heterocycles. The zero-order chi connectivity index (χ0) is 15.2. The number of nitrogens with zero attached hydrogens (tertiary/aromatic N) is 4. The number of carbonyl (C=O) groups is 1. The fraction of sp³-hybridized carbons (Fsp3) is 0.400. The van der Waals surface area contributed by atoms with Gasteiger partial charge < -0.3 is 10.6 Å². The maximum Gasteiger partial charge on any atom is 0.257 e. The van der Waals surface area contributed by atoms with Crippen LogP contribution >= 0.6 is 0 Å². The van der Waals surface area contributed by atoms with Crippen molar-refractivity contribution in [3.63, 3.8) is 0 Å². The Hall–Kier alpha value is -2.21. The van der Waals surface area contributed by atoms with Crippen molar-refractivity contribution in [1.29, 1.82) is 0 Å². The Morgan fingerprint density at radius 3 is 2.90 bits per heavy atom. The summed E-state index contributed by atoms with van der Waals surface area (Å²) in [5, 5.41) is 4.26. The number of hydrogen-bond acceptors (Lipinski definition) is 4. The molecule has 2 heterocycles. The molecule has 0 spiro atoms. The number of aryl methyl sites for hydroxylation is 1. The maximum absolute atomic E-state index is 12.5. The predicted octanol–water partition coefficient (Wildman–Crippen LogP) is 1.21. The lowest BCUT2D eigenvalue weighted by molar-refractivity contribution is 0.0782. The largest absolute Gasteiger partial charge is 0.336 e. The monoisotopic (exact) mass is 287 g/mol. The summed E-state index contributed by atoms with van der Waals surface area (Å²) in [6.45, 7) is 3.74. The van der Waals surface area contributed by atoms with Gasteiger partial charge in [0, 0.05) is 25.5 Å². The summed E-state index contributed by atoms with van der Waals surface area (Å²) < 4.78 is 1.83. The van der Waals surface area contributed by atoms with Gasteiger partial charge in [-0.2, -0.15) is 5.10 Å². The Morgan fingerprint density at radius 1 is 1.43 bits per heavy atom. The molecule has 0 fully saturated rings. The van der Waals surface area contributed by atoms with Gasteiger partial charge in [0.2, 0.25) is 0 Å². The van der Waals surface area contributed by atoms with Crippen molar-refractivity contribution >= 4 is 5.91 Å². The van der Waals surface area contributed by atoms with E-state index in [0.29, 0.717) is 18.7 Å². The van der Waals surface area contributed by atoms with Gasteiger partial charge in [-0.15, -0.1) is 0 Å². The molecule has 2 aromatic rings. The molecule has 0 unspecified atom stereocenters. The van der Waals surface area contributed by atoms with E-state index >= 15 is 0 Å². The van der Waals surface area contributed by atoms with E-state index in [1.807, 2.05) is 29.8 Å². The first-order chi connectivity index (χ1) is 10.1. The number of amides is 1. The zero-order valence-corrected chi connectivity index (χ0v) is 12.5. The highest BCUT2D eigenvalue weighted by atomic mass is 16.2. The van der Waals surface area contributed by atoms with Gasteiger partial charge in [-0.25, -0.2) is 0 Å². The van der Waals surface area contributed by atoms with Crippen LogP contribution in [0.5, 0.6) is 0 Å². The molecule has 0 saturated heterocycles. The summed E-state index contributed by atoms with van der Waals surface area (Å²) >= 11 is 0. The molecule has 112 valence electrons. The molecular formula is C15H21N5O. The standard InChI is InChI=1S/C15H21N5O/c1-12-14(10-18-20(12)9-5-7-16)15(21)19(2)11-13-6-3-4-8-17-13/h3-4,6,8,10H,5,7,9,11,16H2,1-2H3. The van der Waals surface area contributed by atoms with Crippen LogP contribution in [0.15, 0.2) is 30.6 Å². The molecule has 0 aliphatic rings. The minimum absolute atomic E-state index is 0.0443. The van der Waals surface area contributed by atoms with E-state index in [1.54, 1.807) is 24.3 Å². The highest BCUT2D eigenvalue weighted by molar-refractivity contribution is 5.94. The third-order valence-corrected chi connectivity index (χ3v) is 3.38. The first-order valence-electron chi connectivity index (χ1n) is 7.01. The number of aromatic nitrogens is 3. The van der Waals surface area contributed by atoms with E-state index in [2.05, 4.69) is 10.1 Å². The third kappa shape index (κ3) is 3.66. The Bertz CT molecular complexity index is 593. The van der Waals surface area contributed by atoms with Gasteiger partial charge in [0.25, 0.3) is 5.91 Å². The highest BCUT2D eigenvalue weighted by Crippen LogP contribution is 2.12. The number of nitrogens with two attached hydrogens (primary N) is 1. The highest BCUT2D eigenvalue weighted by Gasteiger charge is 2.18. The van der Waals surface area contributed by atoms with Crippen molar-refractivity contribution < 1.29 is 4.79 Å². The number of hydrogen-bond donors (Lipinski definition) is 1. The summed E-state index contributed by atoms with van der Waals surface area (Å²) in [5.74, 6) is -0.0443. The fourth-order valence-corrected chi connectivity index (χ4v) is 2.14. The maximum atomic E-state index is 12.5. The summed E-state index contributed by atoms with van der Waals surface area (Å²) in [7, 11) is 1.77. The van der Waals surface area contributed by atoms with Crippen molar-refractivity contribution in [3.8, 4) is 0 Å². The van der Waals surface area contributed by atoms with E-state index < -0.39 is 0 Å². The second-order valence-electron chi connectivity index (χ2n) is 4.99. The smallest absolute Gasteiger partial charge is 0.257 e. The fourth-order valence-electron chi connectivity index (χ4n) is 2.14. The first kappa shape index (κ1) is 15.2. The summed E-state index contributed by atoms with van der Waals surface area (Å²) in [4.78, 5) is 18.4. The predicted molar refractivity (Wildman–Crippen MR) is 80.7 cm³/mol. The Labute approximate surface area is 124 Å². The van der Waals surface area contributed by atoms with E-state index in [0.717, 1.165) is 24.4 Å². The third-order valence-electron chi connectivity index (χ3n) is 3.38. The second-order valence-corrected chi connectivity index (χ2v) is 4.99. The lowest BCUT2D eigenvalue weighted by Gasteiger charge is -2.16. The van der Waals surface area contributed by atoms with Gasteiger partial charge in [0.05, 0.1) is 24.0 Å². The van der Waals surface area contributed by atoms with Crippen LogP contribution in [0.25, 0.3) is 0 Å². The molecule has 1 amide bonds. The molecule has 0 radical (unpaired) electrons. The van der Waals surface area contributed by atoms with Crippen LogP contribution in [0.2, 0.25) is 0 Å². The molecule has 21 heavy (non-hydrogen) atoms. The molecular weight excluding hydrogens is 266 g/mol. The molecule has 0 aliphatic carbocycles. The van der Waals surface area contributed by atoms with Crippen molar-refractivity contribution in [1.82, 2.24) is 19.7 Å². The molecule has 6 heteroatoms. The average Bonchev–Trinajstić information content (AvgIpc) is 2.86. The number of carbonyl (C=O) groups excluding carboxylic acids is 1. The van der Waals surface area contributed by atoms with Gasteiger partial charge in [-0.1, -0.05) is 6.07 Å². The van der Waals surface area contributed by atoms with Gasteiger partial charge in [0.15, 0.2) is 0 Å². The molecule has 6 nitrogen and oxygen atoms in total. The normalized spacial score (nSPS) is 10.6. The number of rotatable bonds is 6. The van der Waals surface area contributed by atoms with Crippen LogP contribution in [-0.2, 0) is 13.1 Å². The Kier molecular flexibility index (Phi) is 5.05. The van der Waals surface area contributed by atoms with E-state index in [9.17, 15) is 4.79 Å². The van der Waals surface area contributed by atoms with Crippen LogP contribution in [0.1, 0.15) is 28.2 Å². The minimum Gasteiger partial charge on any atom is -0.336 e. The molecule has 2 N–H and O–H groups in total. The van der Waals surface area contributed by atoms with Crippen molar-refractivity contribution in [2.45, 2.75) is 26.4 Å². The van der Waals surface area contributed by atoms with Crippen LogP contribution in [-0.4, -0.2) is 39.2 Å². The van der Waals surface area contributed by atoms with Crippen LogP contribution in [0.4, 0.5) is 0 Å². The number of pyridine rings is 1. The van der Waals surface area contributed by atoms with Gasteiger partial charge in [-0.05, 0) is 32.0 Å². The molecule has 2 rings (SSSR count). The van der Waals surface area contributed by atoms with Gasteiger partial charge in [-0.3, -0.25) is 14.5 Å². The average molecular weight is 287 g/mol. The van der Waals surface area contributed by atoms with E-state index in [1.165, 1.54) is 0 Å². The zero-order valence-electron chi connectivity index (χ0n) is 12.5. The molecule has 0 atom stereocenters. The van der Waals surface area contributed by atoms with Crippen molar-refractivity contribution in [2.75, 3.05) is 13.6 Å². The minimum atomic E-state index is -0.0443. The lowest BCUT2D eigenvalue weighted by Crippen LogP contribution is -2.27. The van der Waals surface area contributed by atoms with Crippen molar-refractivity contribution in [3.05, 3.63) is 47.5 Å². The molecule has 2 aromatic heterocycles. The van der Waals surface area contributed by atoms with E-state index in [-0.39, 0.29) is 5.91 Å². The first-order valence-corrected chi connectivity index (χ1v) is 7.01. The Morgan fingerprint density at radius 2 is 2.24 bits per heavy atom. The molecule has 0 bridgehead atoms.